The number of anilines is 2. The van der Waals surface area contributed by atoms with Crippen molar-refractivity contribution in [1.29, 1.82) is 0 Å². The summed E-state index contributed by atoms with van der Waals surface area (Å²) in [7, 11) is 0. The van der Waals surface area contributed by atoms with Gasteiger partial charge >= 0.3 is 0 Å². The Morgan fingerprint density at radius 3 is 2.70 bits per heavy atom. The maximum atomic E-state index is 5.75. The molecule has 7 nitrogen and oxygen atoms in total. The molecule has 2 aromatic rings. The Morgan fingerprint density at radius 2 is 1.87 bits per heavy atom. The molecule has 1 aliphatic rings. The van der Waals surface area contributed by atoms with E-state index in [1.54, 1.807) is 18.5 Å². The number of nitrogen functional groups attached to an aromatic ring is 1. The van der Waals surface area contributed by atoms with Crippen molar-refractivity contribution in [2.24, 2.45) is 0 Å². The molecule has 122 valence electrons. The van der Waals surface area contributed by atoms with Crippen LogP contribution in [-0.4, -0.2) is 49.4 Å². The summed E-state index contributed by atoms with van der Waals surface area (Å²) in [5.41, 5.74) is 6.40. The molecule has 0 bridgehead atoms. The second-order valence-corrected chi connectivity index (χ2v) is 5.19. The number of nitrogens with zero attached hydrogens (tertiary/aromatic N) is 3. The molecule has 0 spiro atoms. The summed E-state index contributed by atoms with van der Waals surface area (Å²) < 4.78 is 11.4. The van der Waals surface area contributed by atoms with Gasteiger partial charge in [-0.25, -0.2) is 9.97 Å². The van der Waals surface area contributed by atoms with E-state index in [1.807, 2.05) is 18.2 Å². The molecule has 0 saturated carbocycles. The highest BCUT2D eigenvalue weighted by Gasteiger charge is 2.17. The van der Waals surface area contributed by atoms with Crippen LogP contribution in [0.5, 0.6) is 11.6 Å². The number of piperazine rings is 1. The normalized spacial score (nSPS) is 14.5. The van der Waals surface area contributed by atoms with E-state index < -0.39 is 0 Å². The molecule has 0 atom stereocenters. The zero-order valence-corrected chi connectivity index (χ0v) is 12.9. The van der Waals surface area contributed by atoms with Gasteiger partial charge in [0.25, 0.3) is 5.88 Å². The summed E-state index contributed by atoms with van der Waals surface area (Å²) in [5, 5.41) is 3.32. The first-order valence-corrected chi connectivity index (χ1v) is 7.71. The smallest absolute Gasteiger partial charge is 0.257 e. The number of nitrogens with one attached hydrogen (secondary N) is 1. The van der Waals surface area contributed by atoms with Crippen molar-refractivity contribution >= 4 is 11.5 Å². The molecular formula is C16H21N5O2. The predicted molar refractivity (Wildman–Crippen MR) is 89.0 cm³/mol. The first-order valence-electron chi connectivity index (χ1n) is 7.71. The van der Waals surface area contributed by atoms with E-state index in [0.29, 0.717) is 24.8 Å². The molecule has 7 heteroatoms. The molecule has 23 heavy (non-hydrogen) atoms. The van der Waals surface area contributed by atoms with Crippen molar-refractivity contribution in [1.82, 2.24) is 15.3 Å². The summed E-state index contributed by atoms with van der Waals surface area (Å²) in [5.74, 6) is 2.07. The molecule has 0 amide bonds. The van der Waals surface area contributed by atoms with Crippen LogP contribution in [0.3, 0.4) is 0 Å². The zero-order valence-electron chi connectivity index (χ0n) is 12.9. The van der Waals surface area contributed by atoms with Crippen LogP contribution in [0.1, 0.15) is 0 Å². The van der Waals surface area contributed by atoms with E-state index in [9.17, 15) is 0 Å². The lowest BCUT2D eigenvalue weighted by Crippen LogP contribution is -2.44. The maximum absolute atomic E-state index is 5.75. The molecule has 1 aromatic carbocycles. The fourth-order valence-corrected chi connectivity index (χ4v) is 2.42. The Morgan fingerprint density at radius 1 is 1.09 bits per heavy atom. The van der Waals surface area contributed by atoms with Crippen molar-refractivity contribution in [3.8, 4) is 11.6 Å². The quantitative estimate of drug-likeness (QED) is 0.606. The van der Waals surface area contributed by atoms with Gasteiger partial charge in [0.1, 0.15) is 19.0 Å². The van der Waals surface area contributed by atoms with E-state index in [0.717, 1.165) is 37.7 Å². The minimum Gasteiger partial charge on any atom is -0.490 e. The number of aromatic nitrogens is 2. The van der Waals surface area contributed by atoms with Crippen LogP contribution in [-0.2, 0) is 0 Å². The number of ether oxygens (including phenoxy) is 2. The lowest BCUT2D eigenvalue weighted by molar-refractivity contribution is 0.211. The van der Waals surface area contributed by atoms with E-state index in [-0.39, 0.29) is 0 Å². The molecule has 1 aliphatic heterocycles. The van der Waals surface area contributed by atoms with Gasteiger partial charge in [0.15, 0.2) is 5.82 Å². The minimum atomic E-state index is 0.395. The van der Waals surface area contributed by atoms with Crippen LogP contribution in [0.25, 0.3) is 0 Å². The van der Waals surface area contributed by atoms with E-state index in [2.05, 4.69) is 20.2 Å². The van der Waals surface area contributed by atoms with Gasteiger partial charge in [-0.15, -0.1) is 0 Å². The SMILES string of the molecule is Nc1cccc(OCCOc2nccnc2N2CCNCC2)c1. The van der Waals surface area contributed by atoms with Crippen molar-refractivity contribution < 1.29 is 9.47 Å². The van der Waals surface area contributed by atoms with Gasteiger partial charge in [-0.05, 0) is 12.1 Å². The van der Waals surface area contributed by atoms with E-state index in [1.165, 1.54) is 0 Å². The third-order valence-corrected chi connectivity index (χ3v) is 3.51. The van der Waals surface area contributed by atoms with Gasteiger partial charge in [0.05, 0.1) is 0 Å². The Hall–Kier alpha value is -2.54. The van der Waals surface area contributed by atoms with Crippen LogP contribution in [0.2, 0.25) is 0 Å². The lowest BCUT2D eigenvalue weighted by atomic mass is 10.3. The van der Waals surface area contributed by atoms with Crippen LogP contribution < -0.4 is 25.4 Å². The molecule has 0 radical (unpaired) electrons. The first-order chi connectivity index (χ1) is 11.3. The average molecular weight is 315 g/mol. The highest BCUT2D eigenvalue weighted by atomic mass is 16.5. The summed E-state index contributed by atoms with van der Waals surface area (Å²) in [6, 6.07) is 7.33. The van der Waals surface area contributed by atoms with Crippen molar-refractivity contribution in [2.45, 2.75) is 0 Å². The number of nitrogens with two attached hydrogens (primary N) is 1. The molecule has 1 aromatic heterocycles. The monoisotopic (exact) mass is 315 g/mol. The molecule has 2 heterocycles. The van der Waals surface area contributed by atoms with Gasteiger partial charge in [-0.2, -0.15) is 0 Å². The zero-order chi connectivity index (χ0) is 15.9. The number of hydrogen-bond donors (Lipinski definition) is 2. The Kier molecular flexibility index (Phi) is 5.10. The van der Waals surface area contributed by atoms with E-state index in [4.69, 9.17) is 15.2 Å². The van der Waals surface area contributed by atoms with Crippen LogP contribution in [0.15, 0.2) is 36.7 Å². The highest BCUT2D eigenvalue weighted by Crippen LogP contribution is 2.22. The van der Waals surface area contributed by atoms with Crippen molar-refractivity contribution in [3.63, 3.8) is 0 Å². The van der Waals surface area contributed by atoms with Gasteiger partial charge in [0.2, 0.25) is 0 Å². The van der Waals surface area contributed by atoms with E-state index >= 15 is 0 Å². The number of rotatable bonds is 6. The van der Waals surface area contributed by atoms with Gasteiger partial charge in [0, 0.05) is 50.3 Å². The second-order valence-electron chi connectivity index (χ2n) is 5.19. The van der Waals surface area contributed by atoms with Crippen molar-refractivity contribution in [3.05, 3.63) is 36.7 Å². The van der Waals surface area contributed by atoms with Gasteiger partial charge in [-0.3, -0.25) is 0 Å². The number of benzene rings is 1. The molecule has 0 aliphatic carbocycles. The third kappa shape index (κ3) is 4.23. The summed E-state index contributed by atoms with van der Waals surface area (Å²) in [6.45, 7) is 4.49. The molecule has 3 N–H and O–H groups in total. The fraction of sp³-hybridized carbons (Fsp3) is 0.375. The fourth-order valence-electron chi connectivity index (χ4n) is 2.42. The molecule has 0 unspecified atom stereocenters. The number of hydrogen-bond acceptors (Lipinski definition) is 7. The van der Waals surface area contributed by atoms with Crippen LogP contribution >= 0.6 is 0 Å². The lowest BCUT2D eigenvalue weighted by Gasteiger charge is -2.28. The standard InChI is InChI=1S/C16H21N5O2/c17-13-2-1-3-14(12-13)22-10-11-23-16-15(19-4-5-20-16)21-8-6-18-7-9-21/h1-5,12,18H,6-11,17H2. The largest absolute Gasteiger partial charge is 0.490 e. The molecule has 1 saturated heterocycles. The second kappa shape index (κ2) is 7.64. The van der Waals surface area contributed by atoms with Gasteiger partial charge < -0.3 is 25.4 Å². The highest BCUT2D eigenvalue weighted by molar-refractivity contribution is 5.48. The van der Waals surface area contributed by atoms with Crippen molar-refractivity contribution in [2.75, 3.05) is 50.0 Å². The first kappa shape index (κ1) is 15.4. The Bertz CT molecular complexity index is 631. The molecule has 1 fully saturated rings. The van der Waals surface area contributed by atoms with Gasteiger partial charge in [-0.1, -0.05) is 6.07 Å². The van der Waals surface area contributed by atoms with Crippen LogP contribution in [0.4, 0.5) is 11.5 Å². The van der Waals surface area contributed by atoms with Crippen LogP contribution in [0, 0.1) is 0 Å². The third-order valence-electron chi connectivity index (χ3n) is 3.51. The maximum Gasteiger partial charge on any atom is 0.257 e. The Labute approximate surface area is 135 Å². The predicted octanol–water partition coefficient (Wildman–Crippen LogP) is 0.926. The molecule has 3 rings (SSSR count). The summed E-state index contributed by atoms with van der Waals surface area (Å²) in [6.07, 6.45) is 3.33. The minimum absolute atomic E-state index is 0.395. The molecular weight excluding hydrogens is 294 g/mol. The summed E-state index contributed by atoms with van der Waals surface area (Å²) >= 11 is 0. The topological polar surface area (TPSA) is 85.5 Å². The Balaban J connectivity index is 1.54. The summed E-state index contributed by atoms with van der Waals surface area (Å²) in [4.78, 5) is 10.9. The average Bonchev–Trinajstić information content (AvgIpc) is 2.60.